The Kier molecular flexibility index (Phi) is 8.47. The van der Waals surface area contributed by atoms with Gasteiger partial charge in [0.15, 0.2) is 0 Å². The summed E-state index contributed by atoms with van der Waals surface area (Å²) >= 11 is 0. The minimum absolute atomic E-state index is 1.14. The molecule has 92 valence electrons. The number of nitrogens with one attached hydrogen (secondary N) is 3. The molecule has 0 aliphatic carbocycles. The fourth-order valence-electron chi connectivity index (χ4n) is 1.16. The second-order valence-corrected chi connectivity index (χ2v) is 3.31. The summed E-state index contributed by atoms with van der Waals surface area (Å²) in [6.07, 6.45) is 3.17. The van der Waals surface area contributed by atoms with Crippen LogP contribution in [0.3, 0.4) is 0 Å². The van der Waals surface area contributed by atoms with Crippen LogP contribution >= 0.6 is 0 Å². The van der Waals surface area contributed by atoms with Crippen LogP contribution in [0.15, 0.2) is 48.8 Å². The van der Waals surface area contributed by atoms with Crippen LogP contribution in [-0.2, 0) is 0 Å². The molecule has 1 aromatic carbocycles. The average Bonchev–Trinajstić information content (AvgIpc) is 3.03. The molecule has 1 fully saturated rings. The largest absolute Gasteiger partial charge is 0.314 e. The van der Waals surface area contributed by atoms with Crippen LogP contribution in [0.1, 0.15) is 0 Å². The fourth-order valence-corrected chi connectivity index (χ4v) is 1.16. The van der Waals surface area contributed by atoms with Crippen molar-refractivity contribution in [1.29, 1.82) is 0 Å². The maximum absolute atomic E-state index is 3.49. The highest BCUT2D eigenvalue weighted by atomic mass is 15.3. The van der Waals surface area contributed by atoms with Crippen LogP contribution in [0.25, 0.3) is 0 Å². The molecule has 0 radical (unpaired) electrons. The fraction of sp³-hybridized carbons (Fsp3) is 0.333. The lowest BCUT2D eigenvalue weighted by Crippen LogP contribution is -2.39. The van der Waals surface area contributed by atoms with Gasteiger partial charge in [-0.1, -0.05) is 36.4 Å². The maximum atomic E-state index is 3.49. The maximum Gasteiger partial charge on any atom is 0.0690 e. The molecular weight excluding hydrogens is 214 g/mol. The molecule has 5 heteroatoms. The highest BCUT2D eigenvalue weighted by Crippen LogP contribution is 1.79. The average molecular weight is 233 g/mol. The smallest absolute Gasteiger partial charge is 0.0690 e. The Hall–Kier alpha value is -1.72. The highest BCUT2D eigenvalue weighted by Gasteiger charge is 1.91. The van der Waals surface area contributed by atoms with E-state index in [1.54, 1.807) is 12.4 Å². The second-order valence-electron chi connectivity index (χ2n) is 3.31. The molecule has 0 unspecified atom stereocenters. The molecule has 1 aromatic heterocycles. The molecule has 3 N–H and O–H groups in total. The van der Waals surface area contributed by atoms with E-state index in [1.165, 1.54) is 0 Å². The van der Waals surface area contributed by atoms with Crippen molar-refractivity contribution in [2.45, 2.75) is 0 Å². The molecule has 0 saturated carbocycles. The lowest BCUT2D eigenvalue weighted by atomic mass is 10.4. The van der Waals surface area contributed by atoms with E-state index in [1.807, 2.05) is 36.4 Å². The summed E-state index contributed by atoms with van der Waals surface area (Å²) in [4.78, 5) is 0. The standard InChI is InChI=1S/C6H6.C4H10N2.C2H3N3/c1-2-4-6-5-3-1;1-2-6-4-3-5-1;1-2-4-5-3-1/h1-6H;5-6H,1-4H2;1-2H,(H,3,4,5). The Morgan fingerprint density at radius 2 is 0.941 bits per heavy atom. The van der Waals surface area contributed by atoms with Crippen molar-refractivity contribution in [3.8, 4) is 0 Å². The van der Waals surface area contributed by atoms with Crippen LogP contribution in [0, 0.1) is 0 Å². The van der Waals surface area contributed by atoms with Crippen LogP contribution in [-0.4, -0.2) is 41.6 Å². The number of aromatic amines is 1. The Labute approximate surface area is 102 Å². The molecule has 1 aliphatic rings. The summed E-state index contributed by atoms with van der Waals surface area (Å²) < 4.78 is 0. The van der Waals surface area contributed by atoms with Crippen molar-refractivity contribution in [2.75, 3.05) is 26.2 Å². The monoisotopic (exact) mass is 233 g/mol. The first-order valence-electron chi connectivity index (χ1n) is 5.71. The number of benzene rings is 1. The molecular formula is C12H19N5. The van der Waals surface area contributed by atoms with E-state index in [0.717, 1.165) is 26.2 Å². The molecule has 3 rings (SSSR count). The van der Waals surface area contributed by atoms with Crippen molar-refractivity contribution >= 4 is 0 Å². The molecule has 0 spiro atoms. The van der Waals surface area contributed by atoms with Crippen molar-refractivity contribution < 1.29 is 0 Å². The van der Waals surface area contributed by atoms with E-state index in [-0.39, 0.29) is 0 Å². The van der Waals surface area contributed by atoms with Crippen LogP contribution in [0.4, 0.5) is 0 Å². The molecule has 17 heavy (non-hydrogen) atoms. The summed E-state index contributed by atoms with van der Waals surface area (Å²) in [5.41, 5.74) is 0. The lowest BCUT2D eigenvalue weighted by molar-refractivity contribution is 0.534. The van der Waals surface area contributed by atoms with Gasteiger partial charge < -0.3 is 10.6 Å². The number of hydrogen-bond donors (Lipinski definition) is 3. The molecule has 0 bridgehead atoms. The molecule has 1 aliphatic heterocycles. The number of hydrogen-bond acceptors (Lipinski definition) is 4. The summed E-state index contributed by atoms with van der Waals surface area (Å²) in [6, 6.07) is 12.0. The first-order chi connectivity index (χ1) is 8.50. The molecule has 2 heterocycles. The van der Waals surface area contributed by atoms with Gasteiger partial charge in [-0.25, -0.2) is 0 Å². The van der Waals surface area contributed by atoms with E-state index < -0.39 is 0 Å². The summed E-state index contributed by atoms with van der Waals surface area (Å²) in [7, 11) is 0. The third kappa shape index (κ3) is 9.22. The first-order valence-corrected chi connectivity index (χ1v) is 5.71. The number of H-pyrrole nitrogens is 1. The van der Waals surface area contributed by atoms with Gasteiger partial charge in [-0.05, 0) is 0 Å². The minimum atomic E-state index is 1.14. The van der Waals surface area contributed by atoms with E-state index in [4.69, 9.17) is 0 Å². The van der Waals surface area contributed by atoms with Gasteiger partial charge in [-0.15, -0.1) is 0 Å². The van der Waals surface area contributed by atoms with E-state index >= 15 is 0 Å². The van der Waals surface area contributed by atoms with Gasteiger partial charge in [0.2, 0.25) is 0 Å². The van der Waals surface area contributed by atoms with E-state index in [2.05, 4.69) is 26.0 Å². The topological polar surface area (TPSA) is 65.6 Å². The van der Waals surface area contributed by atoms with Gasteiger partial charge in [-0.3, -0.25) is 0 Å². The third-order valence-corrected chi connectivity index (χ3v) is 1.95. The van der Waals surface area contributed by atoms with E-state index in [9.17, 15) is 0 Å². The number of aromatic nitrogens is 3. The van der Waals surface area contributed by atoms with Crippen LogP contribution in [0.5, 0.6) is 0 Å². The molecule has 2 aromatic rings. The zero-order chi connectivity index (χ0) is 12.0. The number of nitrogens with zero attached hydrogens (tertiary/aromatic N) is 2. The van der Waals surface area contributed by atoms with Crippen LogP contribution in [0.2, 0.25) is 0 Å². The Bertz CT molecular complexity index is 262. The van der Waals surface area contributed by atoms with Gasteiger partial charge >= 0.3 is 0 Å². The van der Waals surface area contributed by atoms with Gasteiger partial charge in [0.1, 0.15) is 0 Å². The molecule has 5 nitrogen and oxygen atoms in total. The van der Waals surface area contributed by atoms with Crippen molar-refractivity contribution in [2.24, 2.45) is 0 Å². The highest BCUT2D eigenvalue weighted by molar-refractivity contribution is 4.99. The summed E-state index contributed by atoms with van der Waals surface area (Å²) in [5.74, 6) is 0. The van der Waals surface area contributed by atoms with Crippen molar-refractivity contribution in [3.63, 3.8) is 0 Å². The van der Waals surface area contributed by atoms with Gasteiger partial charge in [0.05, 0.1) is 12.4 Å². The summed E-state index contributed by atoms with van der Waals surface area (Å²) in [5, 5.41) is 15.8. The van der Waals surface area contributed by atoms with Crippen molar-refractivity contribution in [1.82, 2.24) is 26.0 Å². The van der Waals surface area contributed by atoms with Gasteiger partial charge in [-0.2, -0.15) is 15.4 Å². The normalized spacial score (nSPS) is 13.6. The predicted octanol–water partition coefficient (Wildman–Crippen LogP) is 0.670. The molecule has 0 atom stereocenters. The zero-order valence-corrected chi connectivity index (χ0v) is 9.84. The Morgan fingerprint density at radius 3 is 1.12 bits per heavy atom. The number of piperazine rings is 1. The Morgan fingerprint density at radius 1 is 0.588 bits per heavy atom. The quantitative estimate of drug-likeness (QED) is 0.626. The molecule has 1 saturated heterocycles. The second kappa shape index (κ2) is 10.8. The minimum Gasteiger partial charge on any atom is -0.314 e. The third-order valence-electron chi connectivity index (χ3n) is 1.95. The zero-order valence-electron chi connectivity index (χ0n) is 9.84. The molecule has 0 amide bonds. The summed E-state index contributed by atoms with van der Waals surface area (Å²) in [6.45, 7) is 4.56. The predicted molar refractivity (Wildman–Crippen MR) is 68.6 cm³/mol. The van der Waals surface area contributed by atoms with Crippen LogP contribution < -0.4 is 10.6 Å². The lowest BCUT2D eigenvalue weighted by Gasteiger charge is -2.11. The van der Waals surface area contributed by atoms with Gasteiger partial charge in [0, 0.05) is 26.2 Å². The van der Waals surface area contributed by atoms with Crippen molar-refractivity contribution in [3.05, 3.63) is 48.8 Å². The Balaban J connectivity index is 0.000000128. The van der Waals surface area contributed by atoms with Gasteiger partial charge in [0.25, 0.3) is 0 Å². The number of rotatable bonds is 0. The SMILES string of the molecule is C1CNCCN1.c1ccccc1.c1cn[nH]n1. The first kappa shape index (κ1) is 13.3. The van der Waals surface area contributed by atoms with E-state index in [0.29, 0.717) is 0 Å².